The molecule has 9 heteroatoms. The summed E-state index contributed by atoms with van der Waals surface area (Å²) in [7, 11) is -3.82. The third-order valence-corrected chi connectivity index (χ3v) is 6.81. The van der Waals surface area contributed by atoms with Crippen LogP contribution < -0.4 is 0 Å². The first-order valence-corrected chi connectivity index (χ1v) is 9.74. The quantitative estimate of drug-likeness (QED) is 0.794. The lowest BCUT2D eigenvalue weighted by Crippen LogP contribution is -2.50. The molecule has 0 bridgehead atoms. The largest absolute Gasteiger partial charge is 0.336 e. The Labute approximate surface area is 156 Å². The summed E-state index contributed by atoms with van der Waals surface area (Å²) < 4.78 is 26.9. The van der Waals surface area contributed by atoms with Gasteiger partial charge in [-0.1, -0.05) is 29.3 Å². The number of aromatic nitrogens is 1. The van der Waals surface area contributed by atoms with Gasteiger partial charge < -0.3 is 4.90 Å². The second-order valence-corrected chi connectivity index (χ2v) is 8.18. The molecule has 0 unspecified atom stereocenters. The molecule has 1 aromatic carbocycles. The Bertz CT molecular complexity index is 863. The molecule has 1 amide bonds. The summed E-state index contributed by atoms with van der Waals surface area (Å²) in [6.07, 6.45) is 3.09. The van der Waals surface area contributed by atoms with E-state index in [-0.39, 0.29) is 47.0 Å². The highest BCUT2D eigenvalue weighted by molar-refractivity contribution is 7.89. The molecule has 0 spiro atoms. The second kappa shape index (κ2) is 7.29. The van der Waals surface area contributed by atoms with Gasteiger partial charge in [0.15, 0.2) is 0 Å². The van der Waals surface area contributed by atoms with Crippen molar-refractivity contribution in [1.29, 1.82) is 0 Å². The van der Waals surface area contributed by atoms with E-state index in [9.17, 15) is 13.2 Å². The maximum absolute atomic E-state index is 12.8. The lowest BCUT2D eigenvalue weighted by Gasteiger charge is -2.34. The summed E-state index contributed by atoms with van der Waals surface area (Å²) >= 11 is 12.1. The molecule has 1 fully saturated rings. The molecule has 0 atom stereocenters. The van der Waals surface area contributed by atoms with Crippen LogP contribution in [-0.2, 0) is 10.0 Å². The monoisotopic (exact) mass is 399 g/mol. The molecule has 2 aromatic rings. The summed E-state index contributed by atoms with van der Waals surface area (Å²) in [5.74, 6) is -0.166. The van der Waals surface area contributed by atoms with E-state index in [1.807, 2.05) is 0 Å². The Morgan fingerprint density at radius 3 is 2.20 bits per heavy atom. The summed E-state index contributed by atoms with van der Waals surface area (Å²) in [4.78, 5) is 17.9. The fourth-order valence-electron chi connectivity index (χ4n) is 2.66. The highest BCUT2D eigenvalue weighted by atomic mass is 35.5. The average Bonchev–Trinajstić information content (AvgIpc) is 2.61. The second-order valence-electron chi connectivity index (χ2n) is 5.49. The summed E-state index contributed by atoms with van der Waals surface area (Å²) in [5, 5.41) is 0.169. The minimum absolute atomic E-state index is 0.0846. The topological polar surface area (TPSA) is 70.6 Å². The van der Waals surface area contributed by atoms with Crippen molar-refractivity contribution in [2.45, 2.75) is 4.90 Å². The number of halogens is 2. The number of benzene rings is 1. The van der Waals surface area contributed by atoms with Gasteiger partial charge in [0, 0.05) is 38.6 Å². The molecule has 0 N–H and O–H groups in total. The van der Waals surface area contributed by atoms with Crippen LogP contribution in [0.3, 0.4) is 0 Å². The van der Waals surface area contributed by atoms with Gasteiger partial charge in [-0.2, -0.15) is 4.31 Å². The smallest absolute Gasteiger partial charge is 0.255 e. The number of nitrogens with zero attached hydrogens (tertiary/aromatic N) is 3. The summed E-state index contributed by atoms with van der Waals surface area (Å²) in [6, 6.07) is 7.94. The number of rotatable bonds is 3. The normalized spacial score (nSPS) is 16.0. The number of piperazine rings is 1. The van der Waals surface area contributed by atoms with E-state index in [1.54, 1.807) is 29.3 Å². The fraction of sp³-hybridized carbons (Fsp3) is 0.250. The molecule has 1 aliphatic rings. The molecule has 1 saturated heterocycles. The van der Waals surface area contributed by atoms with Gasteiger partial charge in [-0.3, -0.25) is 9.78 Å². The predicted molar refractivity (Wildman–Crippen MR) is 95.4 cm³/mol. The Morgan fingerprint density at radius 1 is 1.00 bits per heavy atom. The highest BCUT2D eigenvalue weighted by Crippen LogP contribution is 2.31. The van der Waals surface area contributed by atoms with Crippen LogP contribution >= 0.6 is 23.2 Å². The first-order valence-electron chi connectivity index (χ1n) is 7.55. The zero-order chi connectivity index (χ0) is 18.0. The molecule has 0 radical (unpaired) electrons. The molecule has 0 aliphatic carbocycles. The highest BCUT2D eigenvalue weighted by Gasteiger charge is 2.33. The molecule has 132 valence electrons. The van der Waals surface area contributed by atoms with E-state index in [2.05, 4.69) is 4.98 Å². The van der Waals surface area contributed by atoms with Gasteiger partial charge in [-0.05, 0) is 24.3 Å². The van der Waals surface area contributed by atoms with E-state index in [0.717, 1.165) is 0 Å². The lowest BCUT2D eigenvalue weighted by atomic mass is 10.2. The van der Waals surface area contributed by atoms with Gasteiger partial charge in [-0.25, -0.2) is 8.42 Å². The van der Waals surface area contributed by atoms with Crippen molar-refractivity contribution in [2.75, 3.05) is 26.2 Å². The van der Waals surface area contributed by atoms with E-state index < -0.39 is 10.0 Å². The minimum atomic E-state index is -3.82. The number of amides is 1. The molecule has 1 aromatic heterocycles. The molecular formula is C16H15Cl2N3O3S. The third kappa shape index (κ3) is 3.64. The van der Waals surface area contributed by atoms with Crippen molar-refractivity contribution < 1.29 is 13.2 Å². The number of hydrogen-bond donors (Lipinski definition) is 0. The minimum Gasteiger partial charge on any atom is -0.336 e. The van der Waals surface area contributed by atoms with Gasteiger partial charge in [0.2, 0.25) is 10.0 Å². The van der Waals surface area contributed by atoms with Crippen LogP contribution in [0, 0.1) is 0 Å². The first-order chi connectivity index (χ1) is 11.9. The number of sulfonamides is 1. The van der Waals surface area contributed by atoms with Crippen molar-refractivity contribution >= 4 is 39.1 Å². The Kier molecular flexibility index (Phi) is 5.29. The van der Waals surface area contributed by atoms with Crippen LogP contribution in [0.4, 0.5) is 0 Å². The molecule has 3 rings (SSSR count). The Morgan fingerprint density at radius 2 is 1.64 bits per heavy atom. The van der Waals surface area contributed by atoms with Crippen molar-refractivity contribution in [2.24, 2.45) is 0 Å². The fourth-order valence-corrected chi connectivity index (χ4v) is 5.18. The molecule has 25 heavy (non-hydrogen) atoms. The Hall–Kier alpha value is -1.67. The number of pyridine rings is 1. The van der Waals surface area contributed by atoms with Crippen molar-refractivity contribution in [3.63, 3.8) is 0 Å². The Balaban J connectivity index is 1.75. The standard InChI is InChI=1S/C16H15Cl2N3O3S/c17-13-4-1-5-14(18)15(13)25(23,24)21-9-7-20(8-10-21)16(22)12-3-2-6-19-11-12/h1-6,11H,7-10H2. The zero-order valence-electron chi connectivity index (χ0n) is 13.1. The van der Waals surface area contributed by atoms with Gasteiger partial charge >= 0.3 is 0 Å². The van der Waals surface area contributed by atoms with Crippen LogP contribution in [0.15, 0.2) is 47.6 Å². The van der Waals surface area contributed by atoms with Crippen molar-refractivity contribution in [1.82, 2.24) is 14.2 Å². The molecule has 6 nitrogen and oxygen atoms in total. The molecule has 1 aliphatic heterocycles. The number of hydrogen-bond acceptors (Lipinski definition) is 4. The SMILES string of the molecule is O=C(c1cccnc1)N1CCN(S(=O)(=O)c2c(Cl)cccc2Cl)CC1. The number of carbonyl (C=O) groups excluding carboxylic acids is 1. The van der Waals surface area contributed by atoms with Crippen LogP contribution in [-0.4, -0.2) is 54.7 Å². The van der Waals surface area contributed by atoms with Crippen LogP contribution in [0.5, 0.6) is 0 Å². The van der Waals surface area contributed by atoms with Crippen LogP contribution in [0.25, 0.3) is 0 Å². The van der Waals surface area contributed by atoms with Crippen LogP contribution in [0.2, 0.25) is 10.0 Å². The summed E-state index contributed by atoms with van der Waals surface area (Å²) in [5.41, 5.74) is 0.480. The van der Waals surface area contributed by atoms with Gasteiger partial charge in [-0.15, -0.1) is 0 Å². The van der Waals surface area contributed by atoms with Crippen molar-refractivity contribution in [3.8, 4) is 0 Å². The predicted octanol–water partition coefficient (Wildman–Crippen LogP) is 2.54. The van der Waals surface area contributed by atoms with E-state index in [0.29, 0.717) is 5.56 Å². The average molecular weight is 400 g/mol. The molecular weight excluding hydrogens is 385 g/mol. The van der Waals surface area contributed by atoms with E-state index >= 15 is 0 Å². The molecule has 2 heterocycles. The third-order valence-electron chi connectivity index (χ3n) is 3.95. The maximum Gasteiger partial charge on any atom is 0.255 e. The maximum atomic E-state index is 12.8. The van der Waals surface area contributed by atoms with E-state index in [1.165, 1.54) is 22.6 Å². The number of carbonyl (C=O) groups is 1. The van der Waals surface area contributed by atoms with Gasteiger partial charge in [0.1, 0.15) is 4.90 Å². The summed E-state index contributed by atoms with van der Waals surface area (Å²) in [6.45, 7) is 0.926. The van der Waals surface area contributed by atoms with E-state index in [4.69, 9.17) is 23.2 Å². The van der Waals surface area contributed by atoms with Gasteiger partial charge in [0.25, 0.3) is 5.91 Å². The van der Waals surface area contributed by atoms with Crippen LogP contribution in [0.1, 0.15) is 10.4 Å². The zero-order valence-corrected chi connectivity index (χ0v) is 15.4. The van der Waals surface area contributed by atoms with Gasteiger partial charge in [0.05, 0.1) is 15.6 Å². The molecule has 0 saturated carbocycles. The first kappa shape index (κ1) is 18.1. The van der Waals surface area contributed by atoms with Crippen molar-refractivity contribution in [3.05, 3.63) is 58.3 Å². The lowest BCUT2D eigenvalue weighted by molar-refractivity contribution is 0.0697.